The van der Waals surface area contributed by atoms with Crippen LogP contribution in [-0.4, -0.2) is 29.9 Å². The Hall–Kier alpha value is -3.08. The van der Waals surface area contributed by atoms with Gasteiger partial charge in [0.1, 0.15) is 5.75 Å². The van der Waals surface area contributed by atoms with Gasteiger partial charge in [0.05, 0.1) is 7.11 Å². The standard InChI is InChI=1S/C19H18N2O3/c1-21(19(23)13-7-9-15(24-2)10-8-13)12-14-11-18(22)20-17-6-4-3-5-16(14)17/h3-11H,12H2,1-2H3,(H,20,22). The molecule has 1 amide bonds. The molecule has 2 aromatic carbocycles. The van der Waals surface area contributed by atoms with Crippen LogP contribution in [0, 0.1) is 0 Å². The monoisotopic (exact) mass is 322 g/mol. The number of aromatic nitrogens is 1. The SMILES string of the molecule is COc1ccc(C(=O)N(C)Cc2cc(=O)[nH]c3ccccc23)cc1. The van der Waals surface area contributed by atoms with Crippen LogP contribution in [0.3, 0.4) is 0 Å². The van der Waals surface area contributed by atoms with E-state index in [1.165, 1.54) is 0 Å². The van der Waals surface area contributed by atoms with E-state index in [0.29, 0.717) is 17.9 Å². The second-order valence-corrected chi connectivity index (χ2v) is 5.59. The predicted octanol–water partition coefficient (Wildman–Crippen LogP) is 2.81. The topological polar surface area (TPSA) is 62.4 Å². The summed E-state index contributed by atoms with van der Waals surface area (Å²) in [5.74, 6) is 0.594. The molecule has 0 aliphatic rings. The maximum Gasteiger partial charge on any atom is 0.253 e. The smallest absolute Gasteiger partial charge is 0.253 e. The summed E-state index contributed by atoms with van der Waals surface area (Å²) >= 11 is 0. The molecule has 0 radical (unpaired) electrons. The number of pyridine rings is 1. The molecule has 0 aliphatic heterocycles. The quantitative estimate of drug-likeness (QED) is 0.803. The van der Waals surface area contributed by atoms with Gasteiger partial charge in [0, 0.05) is 36.1 Å². The molecule has 0 aliphatic carbocycles. The number of H-pyrrole nitrogens is 1. The van der Waals surface area contributed by atoms with Crippen LogP contribution in [0.15, 0.2) is 59.4 Å². The maximum atomic E-state index is 12.6. The summed E-state index contributed by atoms with van der Waals surface area (Å²) in [5.41, 5.74) is 1.99. The molecule has 0 saturated carbocycles. The Kier molecular flexibility index (Phi) is 4.33. The number of hydrogen-bond acceptors (Lipinski definition) is 3. The van der Waals surface area contributed by atoms with E-state index in [9.17, 15) is 9.59 Å². The second kappa shape index (κ2) is 6.58. The van der Waals surface area contributed by atoms with Gasteiger partial charge in [0.2, 0.25) is 5.56 Å². The van der Waals surface area contributed by atoms with Gasteiger partial charge in [-0.05, 0) is 35.9 Å². The number of fused-ring (bicyclic) bond motifs is 1. The molecule has 1 heterocycles. The molecule has 0 fully saturated rings. The highest BCUT2D eigenvalue weighted by atomic mass is 16.5. The summed E-state index contributed by atoms with van der Waals surface area (Å²) in [4.78, 5) is 28.8. The number of nitrogens with zero attached hydrogens (tertiary/aromatic N) is 1. The highest BCUT2D eigenvalue weighted by molar-refractivity contribution is 5.94. The van der Waals surface area contributed by atoms with Crippen molar-refractivity contribution < 1.29 is 9.53 Å². The van der Waals surface area contributed by atoms with Gasteiger partial charge >= 0.3 is 0 Å². The van der Waals surface area contributed by atoms with Crippen LogP contribution in [0.25, 0.3) is 10.9 Å². The first-order chi connectivity index (χ1) is 11.6. The minimum atomic E-state index is -0.172. The van der Waals surface area contributed by atoms with Gasteiger partial charge in [-0.15, -0.1) is 0 Å². The summed E-state index contributed by atoms with van der Waals surface area (Å²) in [6, 6.07) is 16.1. The molecule has 5 heteroatoms. The Morgan fingerprint density at radius 3 is 2.54 bits per heavy atom. The van der Waals surface area contributed by atoms with Gasteiger partial charge < -0.3 is 14.6 Å². The first-order valence-electron chi connectivity index (χ1n) is 7.59. The molecule has 0 unspecified atom stereocenters. The van der Waals surface area contributed by atoms with Gasteiger partial charge in [-0.1, -0.05) is 18.2 Å². The van der Waals surface area contributed by atoms with Crippen molar-refractivity contribution in [3.8, 4) is 5.75 Å². The molecule has 3 aromatic rings. The zero-order valence-electron chi connectivity index (χ0n) is 13.6. The van der Waals surface area contributed by atoms with Crippen LogP contribution in [0.1, 0.15) is 15.9 Å². The maximum absolute atomic E-state index is 12.6. The lowest BCUT2D eigenvalue weighted by Crippen LogP contribution is -2.27. The van der Waals surface area contributed by atoms with Crippen LogP contribution >= 0.6 is 0 Å². The number of para-hydroxylation sites is 1. The van der Waals surface area contributed by atoms with Crippen LogP contribution in [0.5, 0.6) is 5.75 Å². The van der Waals surface area contributed by atoms with E-state index >= 15 is 0 Å². The van der Waals surface area contributed by atoms with E-state index in [0.717, 1.165) is 16.5 Å². The van der Waals surface area contributed by atoms with E-state index in [2.05, 4.69) is 4.98 Å². The molecule has 24 heavy (non-hydrogen) atoms. The largest absolute Gasteiger partial charge is 0.497 e. The fourth-order valence-electron chi connectivity index (χ4n) is 2.69. The molecule has 0 atom stereocenters. The van der Waals surface area contributed by atoms with Crippen LogP contribution in [0.4, 0.5) is 0 Å². The lowest BCUT2D eigenvalue weighted by Gasteiger charge is -2.18. The number of benzene rings is 2. The van der Waals surface area contributed by atoms with Gasteiger partial charge in [0.25, 0.3) is 5.91 Å². The summed E-state index contributed by atoms with van der Waals surface area (Å²) in [6.45, 7) is 0.356. The summed E-state index contributed by atoms with van der Waals surface area (Å²) in [7, 11) is 3.31. The number of hydrogen-bond donors (Lipinski definition) is 1. The van der Waals surface area contributed by atoms with Crippen LogP contribution < -0.4 is 10.3 Å². The van der Waals surface area contributed by atoms with Crippen molar-refractivity contribution in [2.45, 2.75) is 6.54 Å². The van der Waals surface area contributed by atoms with Crippen molar-refractivity contribution in [1.29, 1.82) is 0 Å². The fourth-order valence-corrected chi connectivity index (χ4v) is 2.69. The fraction of sp³-hybridized carbons (Fsp3) is 0.158. The first kappa shape index (κ1) is 15.8. The lowest BCUT2D eigenvalue weighted by atomic mass is 10.1. The van der Waals surface area contributed by atoms with E-state index in [1.54, 1.807) is 49.4 Å². The van der Waals surface area contributed by atoms with Gasteiger partial charge in [-0.25, -0.2) is 0 Å². The van der Waals surface area contributed by atoms with Crippen molar-refractivity contribution >= 4 is 16.8 Å². The highest BCUT2D eigenvalue weighted by Crippen LogP contribution is 2.18. The number of aromatic amines is 1. The molecular weight excluding hydrogens is 304 g/mol. The number of rotatable bonds is 4. The van der Waals surface area contributed by atoms with E-state index < -0.39 is 0 Å². The minimum Gasteiger partial charge on any atom is -0.497 e. The molecule has 3 rings (SSSR count). The number of ether oxygens (including phenoxy) is 1. The number of amides is 1. The minimum absolute atomic E-state index is 0.109. The molecule has 1 N–H and O–H groups in total. The number of nitrogens with one attached hydrogen (secondary N) is 1. The van der Waals surface area contributed by atoms with Crippen molar-refractivity contribution in [3.05, 3.63) is 76.1 Å². The zero-order valence-corrected chi connectivity index (χ0v) is 13.6. The number of methoxy groups -OCH3 is 1. The number of carbonyl (C=O) groups excluding carboxylic acids is 1. The Balaban J connectivity index is 1.87. The Morgan fingerprint density at radius 1 is 1.12 bits per heavy atom. The Labute approximate surface area is 139 Å². The Bertz CT molecular complexity index is 929. The lowest BCUT2D eigenvalue weighted by molar-refractivity contribution is 0.0785. The molecule has 0 spiro atoms. The molecule has 1 aromatic heterocycles. The van der Waals surface area contributed by atoms with E-state index in [4.69, 9.17) is 4.74 Å². The summed E-state index contributed by atoms with van der Waals surface area (Å²) < 4.78 is 5.10. The third kappa shape index (κ3) is 3.15. The molecular formula is C19H18N2O3. The molecule has 0 saturated heterocycles. The molecule has 5 nitrogen and oxygen atoms in total. The first-order valence-corrected chi connectivity index (χ1v) is 7.59. The van der Waals surface area contributed by atoms with Gasteiger partial charge in [-0.3, -0.25) is 9.59 Å². The van der Waals surface area contributed by atoms with E-state index in [1.807, 2.05) is 24.3 Å². The number of carbonyl (C=O) groups is 1. The second-order valence-electron chi connectivity index (χ2n) is 5.59. The third-order valence-electron chi connectivity index (χ3n) is 3.93. The molecule has 122 valence electrons. The van der Waals surface area contributed by atoms with Crippen LogP contribution in [-0.2, 0) is 6.54 Å². The van der Waals surface area contributed by atoms with Crippen molar-refractivity contribution in [3.63, 3.8) is 0 Å². The van der Waals surface area contributed by atoms with Crippen molar-refractivity contribution in [2.75, 3.05) is 14.2 Å². The Morgan fingerprint density at radius 2 is 1.83 bits per heavy atom. The highest BCUT2D eigenvalue weighted by Gasteiger charge is 2.14. The van der Waals surface area contributed by atoms with E-state index in [-0.39, 0.29) is 11.5 Å². The predicted molar refractivity (Wildman–Crippen MR) is 93.4 cm³/mol. The van der Waals surface area contributed by atoms with Crippen molar-refractivity contribution in [2.24, 2.45) is 0 Å². The average molecular weight is 322 g/mol. The van der Waals surface area contributed by atoms with Gasteiger partial charge in [-0.2, -0.15) is 0 Å². The molecule has 0 bridgehead atoms. The van der Waals surface area contributed by atoms with Crippen molar-refractivity contribution in [1.82, 2.24) is 9.88 Å². The van der Waals surface area contributed by atoms with Gasteiger partial charge in [0.15, 0.2) is 0 Å². The summed E-state index contributed by atoms with van der Waals surface area (Å²) in [6.07, 6.45) is 0. The average Bonchev–Trinajstić information content (AvgIpc) is 2.61. The normalized spacial score (nSPS) is 10.6. The third-order valence-corrected chi connectivity index (χ3v) is 3.93. The zero-order chi connectivity index (χ0) is 17.1. The summed E-state index contributed by atoms with van der Waals surface area (Å²) in [5, 5.41) is 0.937. The van der Waals surface area contributed by atoms with Crippen LogP contribution in [0.2, 0.25) is 0 Å².